The van der Waals surface area contributed by atoms with Gasteiger partial charge in [0.25, 0.3) is 5.56 Å². The van der Waals surface area contributed by atoms with Crippen molar-refractivity contribution in [3.63, 3.8) is 0 Å². The molecule has 0 aliphatic heterocycles. The largest absolute Gasteiger partial charge is 0.461 e. The number of hydrogen-bond acceptors (Lipinski definition) is 3. The van der Waals surface area contributed by atoms with Crippen molar-refractivity contribution in [2.45, 2.75) is 26.7 Å². The third-order valence-corrected chi connectivity index (χ3v) is 3.70. The Morgan fingerprint density at radius 1 is 1.19 bits per heavy atom. The van der Waals surface area contributed by atoms with Crippen LogP contribution in [-0.2, 0) is 0 Å². The van der Waals surface area contributed by atoms with Gasteiger partial charge in [-0.05, 0) is 42.8 Å². The predicted molar refractivity (Wildman–Crippen MR) is 85.0 cm³/mol. The van der Waals surface area contributed by atoms with E-state index in [-0.39, 0.29) is 11.5 Å². The van der Waals surface area contributed by atoms with Gasteiger partial charge in [-0.25, -0.2) is 0 Å². The van der Waals surface area contributed by atoms with Crippen LogP contribution in [0.1, 0.15) is 31.1 Å². The number of hydrogen-bond donors (Lipinski definition) is 1. The SMILES string of the molecule is Cc1cc(-n2ccc3oc(C(C)C)cc3c2=O)ccc1N. The molecule has 0 radical (unpaired) electrons. The molecule has 1 aromatic carbocycles. The van der Waals surface area contributed by atoms with E-state index in [0.29, 0.717) is 11.0 Å². The number of rotatable bonds is 2. The summed E-state index contributed by atoms with van der Waals surface area (Å²) in [4.78, 5) is 12.6. The van der Waals surface area contributed by atoms with Gasteiger partial charge in [-0.1, -0.05) is 13.8 Å². The molecule has 0 unspecified atom stereocenters. The lowest BCUT2D eigenvalue weighted by Crippen LogP contribution is -2.17. The molecule has 3 aromatic rings. The Hall–Kier alpha value is -2.49. The van der Waals surface area contributed by atoms with Crippen LogP contribution in [0.25, 0.3) is 16.7 Å². The molecular formula is C17H18N2O2. The van der Waals surface area contributed by atoms with Gasteiger partial charge in [0, 0.05) is 23.5 Å². The highest BCUT2D eigenvalue weighted by Gasteiger charge is 2.12. The number of furan rings is 1. The first-order chi connectivity index (χ1) is 9.97. The fraction of sp³-hybridized carbons (Fsp3) is 0.235. The van der Waals surface area contributed by atoms with E-state index in [1.807, 2.05) is 51.1 Å². The van der Waals surface area contributed by atoms with E-state index < -0.39 is 0 Å². The van der Waals surface area contributed by atoms with Gasteiger partial charge in [0.05, 0.1) is 5.39 Å². The molecule has 0 spiro atoms. The summed E-state index contributed by atoms with van der Waals surface area (Å²) in [5, 5.41) is 0.607. The van der Waals surface area contributed by atoms with Crippen LogP contribution in [-0.4, -0.2) is 4.57 Å². The van der Waals surface area contributed by atoms with Gasteiger partial charge in [0.15, 0.2) is 0 Å². The highest BCUT2D eigenvalue weighted by atomic mass is 16.3. The molecule has 0 saturated carbocycles. The van der Waals surface area contributed by atoms with Gasteiger partial charge in [-0.3, -0.25) is 9.36 Å². The van der Waals surface area contributed by atoms with E-state index in [2.05, 4.69) is 0 Å². The Labute approximate surface area is 122 Å². The molecule has 2 heterocycles. The van der Waals surface area contributed by atoms with Crippen LogP contribution in [0.15, 0.2) is 45.7 Å². The predicted octanol–water partition coefficient (Wildman–Crippen LogP) is 3.60. The highest BCUT2D eigenvalue weighted by molar-refractivity contribution is 5.77. The molecule has 21 heavy (non-hydrogen) atoms. The lowest BCUT2D eigenvalue weighted by Gasteiger charge is -2.07. The minimum Gasteiger partial charge on any atom is -0.461 e. The summed E-state index contributed by atoms with van der Waals surface area (Å²) < 4.78 is 7.33. The van der Waals surface area contributed by atoms with Gasteiger partial charge >= 0.3 is 0 Å². The summed E-state index contributed by atoms with van der Waals surface area (Å²) in [7, 11) is 0. The monoisotopic (exact) mass is 282 g/mol. The Morgan fingerprint density at radius 3 is 2.62 bits per heavy atom. The van der Waals surface area contributed by atoms with Gasteiger partial charge < -0.3 is 10.2 Å². The van der Waals surface area contributed by atoms with Crippen LogP contribution in [0, 0.1) is 6.92 Å². The first kappa shape index (κ1) is 13.5. The van der Waals surface area contributed by atoms with Crippen molar-refractivity contribution in [1.29, 1.82) is 0 Å². The number of aromatic nitrogens is 1. The molecule has 0 bridgehead atoms. The van der Waals surface area contributed by atoms with Crippen molar-refractivity contribution in [2.75, 3.05) is 5.73 Å². The topological polar surface area (TPSA) is 61.2 Å². The maximum absolute atomic E-state index is 12.6. The lowest BCUT2D eigenvalue weighted by molar-refractivity contribution is 0.521. The average molecular weight is 282 g/mol. The summed E-state index contributed by atoms with van der Waals surface area (Å²) >= 11 is 0. The minimum absolute atomic E-state index is 0.0766. The van der Waals surface area contributed by atoms with Crippen molar-refractivity contribution in [3.05, 3.63) is 58.2 Å². The zero-order chi connectivity index (χ0) is 15.1. The number of pyridine rings is 1. The molecule has 0 saturated heterocycles. The Balaban J connectivity index is 2.21. The van der Waals surface area contributed by atoms with E-state index in [9.17, 15) is 4.79 Å². The minimum atomic E-state index is -0.0766. The zero-order valence-electron chi connectivity index (χ0n) is 12.4. The second kappa shape index (κ2) is 4.81. The van der Waals surface area contributed by atoms with Crippen LogP contribution in [0.5, 0.6) is 0 Å². The van der Waals surface area contributed by atoms with E-state index in [1.165, 1.54) is 0 Å². The zero-order valence-corrected chi connectivity index (χ0v) is 12.4. The highest BCUT2D eigenvalue weighted by Crippen LogP contribution is 2.23. The molecule has 0 amide bonds. The number of anilines is 1. The number of fused-ring (bicyclic) bond motifs is 1. The molecule has 4 nitrogen and oxygen atoms in total. The number of nitrogen functional groups attached to an aromatic ring is 1. The smallest absolute Gasteiger partial charge is 0.266 e. The van der Waals surface area contributed by atoms with Crippen molar-refractivity contribution in [2.24, 2.45) is 0 Å². The summed E-state index contributed by atoms with van der Waals surface area (Å²) in [5.41, 5.74) is 8.86. The summed E-state index contributed by atoms with van der Waals surface area (Å²) in [6.07, 6.45) is 1.74. The van der Waals surface area contributed by atoms with E-state index in [4.69, 9.17) is 10.2 Å². The molecule has 2 N–H and O–H groups in total. The van der Waals surface area contributed by atoms with Crippen LogP contribution in [0.3, 0.4) is 0 Å². The van der Waals surface area contributed by atoms with Crippen molar-refractivity contribution >= 4 is 16.7 Å². The number of aryl methyl sites for hydroxylation is 1. The maximum atomic E-state index is 12.6. The summed E-state index contributed by atoms with van der Waals surface area (Å²) in [6.45, 7) is 6.01. The number of benzene rings is 1. The molecule has 108 valence electrons. The van der Waals surface area contributed by atoms with Crippen LogP contribution >= 0.6 is 0 Å². The van der Waals surface area contributed by atoms with Crippen LogP contribution in [0.2, 0.25) is 0 Å². The molecular weight excluding hydrogens is 264 g/mol. The first-order valence-corrected chi connectivity index (χ1v) is 6.99. The van der Waals surface area contributed by atoms with E-state index in [0.717, 1.165) is 22.7 Å². The van der Waals surface area contributed by atoms with Gasteiger partial charge in [0.2, 0.25) is 0 Å². The molecule has 0 atom stereocenters. The lowest BCUT2D eigenvalue weighted by atomic mass is 10.1. The second-order valence-electron chi connectivity index (χ2n) is 5.61. The normalized spacial score (nSPS) is 11.4. The van der Waals surface area contributed by atoms with Crippen molar-refractivity contribution in [3.8, 4) is 5.69 Å². The second-order valence-corrected chi connectivity index (χ2v) is 5.61. The standard InChI is InChI=1S/C17H18N2O2/c1-10(2)16-9-13-15(21-16)6-7-19(17(13)20)12-4-5-14(18)11(3)8-12/h4-10H,18H2,1-3H3. The number of nitrogens with zero attached hydrogens (tertiary/aromatic N) is 1. The summed E-state index contributed by atoms with van der Waals surface area (Å²) in [6, 6.07) is 9.23. The Bertz CT molecular complexity index is 872. The molecule has 2 aromatic heterocycles. The third kappa shape index (κ3) is 2.23. The van der Waals surface area contributed by atoms with Crippen LogP contribution in [0.4, 0.5) is 5.69 Å². The third-order valence-electron chi connectivity index (χ3n) is 3.70. The molecule has 0 aliphatic carbocycles. The first-order valence-electron chi connectivity index (χ1n) is 6.99. The van der Waals surface area contributed by atoms with Crippen molar-refractivity contribution < 1.29 is 4.42 Å². The molecule has 0 fully saturated rings. The average Bonchev–Trinajstić information content (AvgIpc) is 2.88. The van der Waals surface area contributed by atoms with Gasteiger partial charge in [-0.15, -0.1) is 0 Å². The fourth-order valence-electron chi connectivity index (χ4n) is 2.35. The Morgan fingerprint density at radius 2 is 1.95 bits per heavy atom. The maximum Gasteiger partial charge on any atom is 0.266 e. The van der Waals surface area contributed by atoms with Gasteiger partial charge in [-0.2, -0.15) is 0 Å². The fourth-order valence-corrected chi connectivity index (χ4v) is 2.35. The van der Waals surface area contributed by atoms with Crippen LogP contribution < -0.4 is 11.3 Å². The van der Waals surface area contributed by atoms with E-state index in [1.54, 1.807) is 10.8 Å². The van der Waals surface area contributed by atoms with E-state index >= 15 is 0 Å². The summed E-state index contributed by atoms with van der Waals surface area (Å²) in [5.74, 6) is 1.08. The van der Waals surface area contributed by atoms with Crippen molar-refractivity contribution in [1.82, 2.24) is 4.57 Å². The molecule has 3 rings (SSSR count). The molecule has 4 heteroatoms. The number of nitrogens with two attached hydrogens (primary N) is 1. The Kier molecular flexibility index (Phi) is 3.09. The quantitative estimate of drug-likeness (QED) is 0.730. The van der Waals surface area contributed by atoms with Gasteiger partial charge in [0.1, 0.15) is 11.3 Å². The molecule has 0 aliphatic rings.